The van der Waals surface area contributed by atoms with Crippen LogP contribution in [0.3, 0.4) is 0 Å². The fourth-order valence-corrected chi connectivity index (χ4v) is 1.72. The van der Waals surface area contributed by atoms with Crippen LogP contribution in [0.25, 0.3) is 0 Å². The van der Waals surface area contributed by atoms with Crippen LogP contribution < -0.4 is 11.1 Å². The molecule has 17 heavy (non-hydrogen) atoms. The number of amides is 1. The van der Waals surface area contributed by atoms with Crippen LogP contribution in [-0.2, 0) is 11.2 Å². The van der Waals surface area contributed by atoms with Gasteiger partial charge in [-0.2, -0.15) is 0 Å². The van der Waals surface area contributed by atoms with Gasteiger partial charge in [-0.25, -0.2) is 0 Å². The third kappa shape index (κ3) is 5.39. The van der Waals surface area contributed by atoms with Gasteiger partial charge in [0, 0.05) is 6.54 Å². The largest absolute Gasteiger partial charge is 0.356 e. The van der Waals surface area contributed by atoms with Crippen LogP contribution >= 0.6 is 23.2 Å². The maximum Gasteiger partial charge on any atom is 0.224 e. The minimum atomic E-state index is -0.0135. The fraction of sp³-hybridized carbons (Fsp3) is 0.417. The average molecular weight is 275 g/mol. The lowest BCUT2D eigenvalue weighted by molar-refractivity contribution is -0.120. The predicted octanol–water partition coefficient (Wildman–Crippen LogP) is 2.39. The van der Waals surface area contributed by atoms with Crippen molar-refractivity contribution in [1.29, 1.82) is 0 Å². The van der Waals surface area contributed by atoms with Crippen LogP contribution in [0.1, 0.15) is 18.4 Å². The van der Waals surface area contributed by atoms with E-state index in [0.717, 1.165) is 18.4 Å². The molecule has 0 bridgehead atoms. The Labute approximate surface area is 111 Å². The van der Waals surface area contributed by atoms with E-state index in [1.165, 1.54) is 0 Å². The van der Waals surface area contributed by atoms with E-state index >= 15 is 0 Å². The molecular weight excluding hydrogens is 259 g/mol. The second-order valence-electron chi connectivity index (χ2n) is 3.77. The molecule has 1 rings (SSSR count). The van der Waals surface area contributed by atoms with E-state index in [9.17, 15) is 4.79 Å². The zero-order valence-corrected chi connectivity index (χ0v) is 11.0. The van der Waals surface area contributed by atoms with Gasteiger partial charge >= 0.3 is 0 Å². The molecule has 0 aliphatic carbocycles. The number of rotatable bonds is 6. The molecule has 0 aliphatic heterocycles. The first-order chi connectivity index (χ1) is 8.13. The monoisotopic (exact) mass is 274 g/mol. The standard InChI is InChI=1S/C12H16Cl2N2O/c13-10-4-3-9(7-11(10)14)8-12(17)16-6-2-1-5-15/h3-4,7H,1-2,5-6,8,15H2,(H,16,17). The molecular formula is C12H16Cl2N2O. The first-order valence-corrected chi connectivity index (χ1v) is 6.29. The van der Waals surface area contributed by atoms with Gasteiger partial charge in [-0.15, -0.1) is 0 Å². The Morgan fingerprint density at radius 1 is 1.24 bits per heavy atom. The minimum absolute atomic E-state index is 0.0135. The Morgan fingerprint density at radius 3 is 2.65 bits per heavy atom. The molecule has 0 heterocycles. The summed E-state index contributed by atoms with van der Waals surface area (Å²) in [7, 11) is 0. The summed E-state index contributed by atoms with van der Waals surface area (Å²) in [5, 5.41) is 3.80. The van der Waals surface area contributed by atoms with E-state index in [1.54, 1.807) is 18.2 Å². The molecule has 1 aromatic carbocycles. The molecule has 0 saturated carbocycles. The lowest BCUT2D eigenvalue weighted by atomic mass is 10.1. The van der Waals surface area contributed by atoms with Crippen LogP contribution in [0.4, 0.5) is 0 Å². The van der Waals surface area contributed by atoms with E-state index in [-0.39, 0.29) is 5.91 Å². The van der Waals surface area contributed by atoms with Crippen molar-refractivity contribution in [3.05, 3.63) is 33.8 Å². The molecule has 0 spiro atoms. The topological polar surface area (TPSA) is 55.1 Å². The Balaban J connectivity index is 2.37. The quantitative estimate of drug-likeness (QED) is 0.783. The van der Waals surface area contributed by atoms with E-state index in [1.807, 2.05) is 0 Å². The summed E-state index contributed by atoms with van der Waals surface area (Å²) in [6.07, 6.45) is 2.15. The minimum Gasteiger partial charge on any atom is -0.356 e. The van der Waals surface area contributed by atoms with Gasteiger partial charge in [0.1, 0.15) is 0 Å². The van der Waals surface area contributed by atoms with E-state index in [4.69, 9.17) is 28.9 Å². The number of halogens is 2. The number of unbranched alkanes of at least 4 members (excludes halogenated alkanes) is 1. The summed E-state index contributed by atoms with van der Waals surface area (Å²) in [5.41, 5.74) is 6.22. The summed E-state index contributed by atoms with van der Waals surface area (Å²) < 4.78 is 0. The normalized spacial score (nSPS) is 10.3. The number of benzene rings is 1. The summed E-state index contributed by atoms with van der Waals surface area (Å²) in [6, 6.07) is 5.21. The maximum absolute atomic E-state index is 11.6. The van der Waals surface area contributed by atoms with Crippen LogP contribution in [0.5, 0.6) is 0 Å². The second kappa shape index (κ2) is 7.54. The van der Waals surface area contributed by atoms with Crippen molar-refractivity contribution >= 4 is 29.1 Å². The molecule has 0 fully saturated rings. The van der Waals surface area contributed by atoms with E-state index in [2.05, 4.69) is 5.32 Å². The van der Waals surface area contributed by atoms with Gasteiger partial charge in [0.05, 0.1) is 16.5 Å². The van der Waals surface area contributed by atoms with Crippen molar-refractivity contribution in [2.45, 2.75) is 19.3 Å². The van der Waals surface area contributed by atoms with E-state index in [0.29, 0.717) is 29.6 Å². The highest BCUT2D eigenvalue weighted by molar-refractivity contribution is 6.42. The third-order valence-corrected chi connectivity index (χ3v) is 3.04. The predicted molar refractivity (Wildman–Crippen MR) is 71.5 cm³/mol. The highest BCUT2D eigenvalue weighted by atomic mass is 35.5. The number of nitrogens with two attached hydrogens (primary N) is 1. The molecule has 1 amide bonds. The SMILES string of the molecule is NCCCCNC(=O)Cc1ccc(Cl)c(Cl)c1. The number of carbonyl (C=O) groups excluding carboxylic acids is 1. The van der Waals surface area contributed by atoms with Crippen LogP contribution in [0.2, 0.25) is 10.0 Å². The molecule has 5 heteroatoms. The van der Waals surface area contributed by atoms with Crippen molar-refractivity contribution in [3.8, 4) is 0 Å². The van der Waals surface area contributed by atoms with Gasteiger partial charge in [0.25, 0.3) is 0 Å². The lowest BCUT2D eigenvalue weighted by Gasteiger charge is -2.05. The van der Waals surface area contributed by atoms with Crippen molar-refractivity contribution in [1.82, 2.24) is 5.32 Å². The van der Waals surface area contributed by atoms with E-state index < -0.39 is 0 Å². The highest BCUT2D eigenvalue weighted by Crippen LogP contribution is 2.22. The molecule has 1 aromatic rings. The Hall–Kier alpha value is -0.770. The molecule has 3 N–H and O–H groups in total. The van der Waals surface area contributed by atoms with Crippen molar-refractivity contribution in [2.75, 3.05) is 13.1 Å². The molecule has 0 aliphatic rings. The fourth-order valence-electron chi connectivity index (χ4n) is 1.39. The molecule has 0 atom stereocenters. The summed E-state index contributed by atoms with van der Waals surface area (Å²) in [6.45, 7) is 1.32. The molecule has 0 radical (unpaired) electrons. The Morgan fingerprint density at radius 2 is 2.00 bits per heavy atom. The number of hydrogen-bond acceptors (Lipinski definition) is 2. The summed E-state index contributed by atoms with van der Waals surface area (Å²) in [5.74, 6) is -0.0135. The Bertz CT molecular complexity index is 383. The smallest absolute Gasteiger partial charge is 0.224 e. The first-order valence-electron chi connectivity index (χ1n) is 5.54. The van der Waals surface area contributed by atoms with Gasteiger partial charge in [-0.05, 0) is 37.1 Å². The van der Waals surface area contributed by atoms with Crippen molar-refractivity contribution < 1.29 is 4.79 Å². The van der Waals surface area contributed by atoms with Crippen molar-refractivity contribution in [2.24, 2.45) is 5.73 Å². The number of nitrogens with one attached hydrogen (secondary N) is 1. The molecule has 0 aromatic heterocycles. The van der Waals surface area contributed by atoms with Crippen LogP contribution in [0, 0.1) is 0 Å². The van der Waals surface area contributed by atoms with Crippen molar-refractivity contribution in [3.63, 3.8) is 0 Å². The molecule has 3 nitrogen and oxygen atoms in total. The zero-order chi connectivity index (χ0) is 12.7. The Kier molecular flexibility index (Phi) is 6.34. The first kappa shape index (κ1) is 14.3. The maximum atomic E-state index is 11.6. The van der Waals surface area contributed by atoms with Gasteiger partial charge in [0.15, 0.2) is 0 Å². The van der Waals surface area contributed by atoms with Gasteiger partial charge in [0.2, 0.25) is 5.91 Å². The summed E-state index contributed by atoms with van der Waals surface area (Å²) in [4.78, 5) is 11.6. The van der Waals surface area contributed by atoms with Crippen LogP contribution in [-0.4, -0.2) is 19.0 Å². The molecule has 0 unspecified atom stereocenters. The second-order valence-corrected chi connectivity index (χ2v) is 4.59. The lowest BCUT2D eigenvalue weighted by Crippen LogP contribution is -2.26. The molecule has 0 saturated heterocycles. The number of hydrogen-bond donors (Lipinski definition) is 2. The average Bonchev–Trinajstić information content (AvgIpc) is 2.30. The third-order valence-electron chi connectivity index (χ3n) is 2.30. The number of carbonyl (C=O) groups is 1. The van der Waals surface area contributed by atoms with Gasteiger partial charge in [-0.1, -0.05) is 29.3 Å². The van der Waals surface area contributed by atoms with Gasteiger partial charge in [-0.3, -0.25) is 4.79 Å². The zero-order valence-electron chi connectivity index (χ0n) is 9.51. The molecule has 94 valence electrons. The van der Waals surface area contributed by atoms with Gasteiger partial charge < -0.3 is 11.1 Å². The highest BCUT2D eigenvalue weighted by Gasteiger charge is 2.05. The summed E-state index contributed by atoms with van der Waals surface area (Å²) >= 11 is 11.7. The van der Waals surface area contributed by atoms with Crippen LogP contribution in [0.15, 0.2) is 18.2 Å².